The van der Waals surface area contributed by atoms with Crippen molar-refractivity contribution >= 4 is 34.6 Å². The van der Waals surface area contributed by atoms with Crippen LogP contribution in [0.1, 0.15) is 30.4 Å². The molecule has 3 heterocycles. The van der Waals surface area contributed by atoms with Gasteiger partial charge in [-0.3, -0.25) is 4.98 Å². The summed E-state index contributed by atoms with van der Waals surface area (Å²) in [6, 6.07) is 15.7. The van der Waals surface area contributed by atoms with Crippen molar-refractivity contribution < 1.29 is 9.47 Å². The van der Waals surface area contributed by atoms with Crippen LogP contribution in [0.5, 0.6) is 5.75 Å². The molecule has 0 aliphatic carbocycles. The molecule has 4 rings (SSSR count). The SMILES string of the molecule is CCn1cccc1[C@@H]1[C@@H](c2ccccn2)NC(=S)N1c1ccc(OCCOC)c(Cl)c1. The van der Waals surface area contributed by atoms with Gasteiger partial charge in [0, 0.05) is 37.4 Å². The lowest BCUT2D eigenvalue weighted by molar-refractivity contribution is 0.146. The number of thiocarbonyl (C=S) groups is 1. The van der Waals surface area contributed by atoms with Gasteiger partial charge in [-0.2, -0.15) is 0 Å². The summed E-state index contributed by atoms with van der Waals surface area (Å²) in [6.07, 6.45) is 3.89. The second-order valence-corrected chi connectivity index (χ2v) is 7.97. The van der Waals surface area contributed by atoms with Gasteiger partial charge in [0.05, 0.1) is 23.4 Å². The van der Waals surface area contributed by atoms with E-state index in [4.69, 9.17) is 33.3 Å². The molecule has 0 unspecified atom stereocenters. The van der Waals surface area contributed by atoms with E-state index in [0.717, 1.165) is 23.6 Å². The Hall–Kier alpha value is -2.61. The number of anilines is 1. The van der Waals surface area contributed by atoms with Gasteiger partial charge in [0.1, 0.15) is 18.4 Å². The average Bonchev–Trinajstić information content (AvgIpc) is 3.39. The number of nitrogens with zero attached hydrogens (tertiary/aromatic N) is 3. The van der Waals surface area contributed by atoms with Crippen molar-refractivity contribution in [1.82, 2.24) is 14.9 Å². The molecule has 0 radical (unpaired) electrons. The quantitative estimate of drug-likeness (QED) is 0.389. The van der Waals surface area contributed by atoms with E-state index in [2.05, 4.69) is 45.0 Å². The molecule has 1 fully saturated rings. The van der Waals surface area contributed by atoms with Crippen LogP contribution >= 0.6 is 23.8 Å². The number of aryl methyl sites for hydroxylation is 1. The fraction of sp³-hybridized carbons (Fsp3) is 0.304. The van der Waals surface area contributed by atoms with Gasteiger partial charge in [0.15, 0.2) is 5.11 Å². The van der Waals surface area contributed by atoms with E-state index in [0.29, 0.717) is 29.1 Å². The molecule has 0 saturated carbocycles. The number of rotatable bonds is 8. The van der Waals surface area contributed by atoms with Gasteiger partial charge in [0.2, 0.25) is 0 Å². The summed E-state index contributed by atoms with van der Waals surface area (Å²) in [5.41, 5.74) is 2.99. The van der Waals surface area contributed by atoms with Crippen LogP contribution in [0.4, 0.5) is 5.69 Å². The summed E-state index contributed by atoms with van der Waals surface area (Å²) in [4.78, 5) is 6.71. The van der Waals surface area contributed by atoms with Gasteiger partial charge < -0.3 is 24.3 Å². The van der Waals surface area contributed by atoms with Crippen molar-refractivity contribution in [1.29, 1.82) is 0 Å². The molecule has 0 spiro atoms. The third-order valence-corrected chi connectivity index (χ3v) is 5.96. The monoisotopic (exact) mass is 456 g/mol. The van der Waals surface area contributed by atoms with Crippen LogP contribution in [0.3, 0.4) is 0 Å². The lowest BCUT2D eigenvalue weighted by atomic mass is 10.0. The van der Waals surface area contributed by atoms with Gasteiger partial charge >= 0.3 is 0 Å². The molecule has 3 aromatic rings. The van der Waals surface area contributed by atoms with E-state index < -0.39 is 0 Å². The fourth-order valence-corrected chi connectivity index (χ4v) is 4.48. The molecule has 2 aromatic heterocycles. The third kappa shape index (κ3) is 4.39. The first kappa shape index (κ1) is 21.6. The zero-order valence-electron chi connectivity index (χ0n) is 17.5. The predicted molar refractivity (Wildman–Crippen MR) is 127 cm³/mol. The van der Waals surface area contributed by atoms with Crippen molar-refractivity contribution in [2.75, 3.05) is 25.2 Å². The maximum absolute atomic E-state index is 6.55. The Morgan fingerprint density at radius 2 is 2.03 bits per heavy atom. The van der Waals surface area contributed by atoms with E-state index in [1.807, 2.05) is 42.6 Å². The minimum Gasteiger partial charge on any atom is -0.490 e. The molecular weight excluding hydrogens is 432 g/mol. The number of methoxy groups -OCH3 is 1. The molecule has 162 valence electrons. The van der Waals surface area contributed by atoms with Crippen molar-refractivity contribution in [2.24, 2.45) is 0 Å². The van der Waals surface area contributed by atoms with Gasteiger partial charge in [-0.1, -0.05) is 17.7 Å². The Kier molecular flexibility index (Phi) is 6.75. The number of nitrogens with one attached hydrogen (secondary N) is 1. The molecule has 1 N–H and O–H groups in total. The molecule has 1 aliphatic rings. The van der Waals surface area contributed by atoms with Crippen molar-refractivity contribution in [3.05, 3.63) is 77.3 Å². The highest BCUT2D eigenvalue weighted by molar-refractivity contribution is 7.80. The minimum atomic E-state index is -0.0923. The highest BCUT2D eigenvalue weighted by Gasteiger charge is 2.42. The summed E-state index contributed by atoms with van der Waals surface area (Å²) >= 11 is 12.3. The molecule has 1 aliphatic heterocycles. The summed E-state index contributed by atoms with van der Waals surface area (Å²) in [5.74, 6) is 0.621. The Balaban J connectivity index is 1.73. The van der Waals surface area contributed by atoms with Gasteiger partial charge in [0.25, 0.3) is 0 Å². The Labute approximate surface area is 192 Å². The maximum atomic E-state index is 6.55. The van der Waals surface area contributed by atoms with E-state index in [9.17, 15) is 0 Å². The zero-order valence-corrected chi connectivity index (χ0v) is 19.1. The Bertz CT molecular complexity index is 1040. The van der Waals surface area contributed by atoms with Crippen LogP contribution in [0.15, 0.2) is 60.9 Å². The molecule has 8 heteroatoms. The first-order valence-electron chi connectivity index (χ1n) is 10.2. The fourth-order valence-electron chi connectivity index (χ4n) is 3.91. The molecule has 6 nitrogen and oxygen atoms in total. The zero-order chi connectivity index (χ0) is 21.8. The average molecular weight is 457 g/mol. The number of hydrogen-bond acceptors (Lipinski definition) is 4. The second kappa shape index (κ2) is 9.68. The van der Waals surface area contributed by atoms with Crippen LogP contribution < -0.4 is 15.0 Å². The van der Waals surface area contributed by atoms with Crippen molar-refractivity contribution in [3.63, 3.8) is 0 Å². The van der Waals surface area contributed by atoms with E-state index in [1.54, 1.807) is 7.11 Å². The molecule has 2 atom stereocenters. The van der Waals surface area contributed by atoms with Crippen LogP contribution in [-0.4, -0.2) is 35.0 Å². The molecular formula is C23H25ClN4O2S. The largest absolute Gasteiger partial charge is 0.490 e. The third-order valence-electron chi connectivity index (χ3n) is 5.35. The lowest BCUT2D eigenvalue weighted by Crippen LogP contribution is -2.30. The molecule has 1 saturated heterocycles. The number of ether oxygens (including phenoxy) is 2. The van der Waals surface area contributed by atoms with E-state index >= 15 is 0 Å². The number of benzene rings is 1. The highest BCUT2D eigenvalue weighted by Crippen LogP contribution is 2.43. The summed E-state index contributed by atoms with van der Waals surface area (Å²) in [7, 11) is 1.64. The molecule has 1 aromatic carbocycles. The van der Waals surface area contributed by atoms with Crippen molar-refractivity contribution in [3.8, 4) is 5.75 Å². The predicted octanol–water partition coefficient (Wildman–Crippen LogP) is 4.76. The molecule has 0 amide bonds. The smallest absolute Gasteiger partial charge is 0.174 e. The van der Waals surface area contributed by atoms with E-state index in [-0.39, 0.29) is 12.1 Å². The van der Waals surface area contributed by atoms with Crippen LogP contribution in [0, 0.1) is 0 Å². The molecule has 31 heavy (non-hydrogen) atoms. The number of halogens is 1. The lowest BCUT2D eigenvalue weighted by Gasteiger charge is -2.29. The minimum absolute atomic E-state index is 0.0753. The first-order valence-corrected chi connectivity index (χ1v) is 11.0. The van der Waals surface area contributed by atoms with Crippen LogP contribution in [0.25, 0.3) is 0 Å². The standard InChI is InChI=1S/C23H25ClN4O2S/c1-3-27-12-6-8-19(27)22-21(18-7-4-5-11-25-18)26-23(31)28(22)16-9-10-20(17(24)15-16)30-14-13-29-2/h4-12,15,21-22H,3,13-14H2,1-2H3,(H,26,31)/t21-,22-/m1/s1. The summed E-state index contributed by atoms with van der Waals surface area (Å²) < 4.78 is 13.0. The molecule has 0 bridgehead atoms. The van der Waals surface area contributed by atoms with Crippen molar-refractivity contribution in [2.45, 2.75) is 25.6 Å². The summed E-state index contributed by atoms with van der Waals surface area (Å²) in [6.45, 7) is 3.93. The number of aromatic nitrogens is 2. The van der Waals surface area contributed by atoms with Gasteiger partial charge in [-0.05, 0) is 61.6 Å². The summed E-state index contributed by atoms with van der Waals surface area (Å²) in [5, 5.41) is 4.64. The highest BCUT2D eigenvalue weighted by atomic mass is 35.5. The Morgan fingerprint density at radius 1 is 1.16 bits per heavy atom. The van der Waals surface area contributed by atoms with Crippen LogP contribution in [-0.2, 0) is 11.3 Å². The van der Waals surface area contributed by atoms with E-state index in [1.165, 1.54) is 0 Å². The topological polar surface area (TPSA) is 51.6 Å². The van der Waals surface area contributed by atoms with Gasteiger partial charge in [-0.25, -0.2) is 0 Å². The maximum Gasteiger partial charge on any atom is 0.174 e. The van der Waals surface area contributed by atoms with Gasteiger partial charge in [-0.15, -0.1) is 0 Å². The number of pyridine rings is 1. The second-order valence-electron chi connectivity index (χ2n) is 7.17. The first-order chi connectivity index (χ1) is 15.1. The van der Waals surface area contributed by atoms with Crippen LogP contribution in [0.2, 0.25) is 5.02 Å². The normalized spacial score (nSPS) is 18.3. The Morgan fingerprint density at radius 3 is 2.74 bits per heavy atom. The number of hydrogen-bond donors (Lipinski definition) is 1.